The molecule has 1 fully saturated rings. The van der Waals surface area contributed by atoms with E-state index in [2.05, 4.69) is 25.9 Å². The number of hydrogen-bond acceptors (Lipinski definition) is 2. The van der Waals surface area contributed by atoms with Crippen LogP contribution in [-0.2, 0) is 0 Å². The molecule has 5 heteroatoms. The molecule has 0 aliphatic heterocycles. The van der Waals surface area contributed by atoms with Crippen molar-refractivity contribution in [2.24, 2.45) is 0 Å². The number of rotatable bonds is 2. The maximum Gasteiger partial charge on any atom is 0.162 e. The van der Waals surface area contributed by atoms with Crippen molar-refractivity contribution >= 4 is 39.1 Å². The Labute approximate surface area is 143 Å². The van der Waals surface area contributed by atoms with Crippen molar-refractivity contribution in [3.8, 4) is 11.4 Å². The molecule has 0 bridgehead atoms. The van der Waals surface area contributed by atoms with Gasteiger partial charge in [0.1, 0.15) is 10.3 Å². The predicted molar refractivity (Wildman–Crippen MR) is 91.1 cm³/mol. The Morgan fingerprint density at radius 3 is 2.29 bits per heavy atom. The summed E-state index contributed by atoms with van der Waals surface area (Å²) in [7, 11) is 0. The summed E-state index contributed by atoms with van der Waals surface area (Å²) in [5.41, 5.74) is 2.98. The lowest BCUT2D eigenvalue weighted by Gasteiger charge is -2.14. The molecule has 2 aromatic rings. The van der Waals surface area contributed by atoms with Gasteiger partial charge in [-0.05, 0) is 43.4 Å². The van der Waals surface area contributed by atoms with Gasteiger partial charge in [-0.15, -0.1) is 0 Å². The average molecular weight is 386 g/mol. The van der Waals surface area contributed by atoms with Gasteiger partial charge in [-0.25, -0.2) is 9.97 Å². The van der Waals surface area contributed by atoms with Gasteiger partial charge in [0.15, 0.2) is 5.82 Å². The summed E-state index contributed by atoms with van der Waals surface area (Å²) in [6.07, 6.45) is 4.70. The average Bonchev–Trinajstić information content (AvgIpc) is 2.95. The highest BCUT2D eigenvalue weighted by atomic mass is 79.9. The topological polar surface area (TPSA) is 25.8 Å². The molecule has 1 heterocycles. The number of aryl methyl sites for hydroxylation is 1. The van der Waals surface area contributed by atoms with Crippen LogP contribution in [-0.4, -0.2) is 9.97 Å². The van der Waals surface area contributed by atoms with E-state index in [1.165, 1.54) is 12.8 Å². The Bertz CT molecular complexity index is 659. The Kier molecular flexibility index (Phi) is 4.53. The highest BCUT2D eigenvalue weighted by Gasteiger charge is 2.24. The number of aromatic nitrogens is 2. The van der Waals surface area contributed by atoms with E-state index in [1.807, 2.05) is 25.1 Å². The van der Waals surface area contributed by atoms with Gasteiger partial charge >= 0.3 is 0 Å². The zero-order chi connectivity index (χ0) is 15.0. The molecule has 0 radical (unpaired) electrons. The molecular formula is C16H15BrCl2N2. The first-order chi connectivity index (χ1) is 10.1. The van der Waals surface area contributed by atoms with Gasteiger partial charge in [-0.1, -0.05) is 58.0 Å². The number of benzene rings is 1. The molecule has 0 saturated heterocycles. The van der Waals surface area contributed by atoms with Gasteiger partial charge in [0.05, 0.1) is 0 Å². The van der Waals surface area contributed by atoms with Crippen LogP contribution in [0.3, 0.4) is 0 Å². The minimum Gasteiger partial charge on any atom is -0.216 e. The van der Waals surface area contributed by atoms with E-state index in [0.29, 0.717) is 22.0 Å². The van der Waals surface area contributed by atoms with E-state index in [1.54, 1.807) is 0 Å². The van der Waals surface area contributed by atoms with Crippen molar-refractivity contribution in [3.63, 3.8) is 0 Å². The Morgan fingerprint density at radius 1 is 1.10 bits per heavy atom. The van der Waals surface area contributed by atoms with Crippen molar-refractivity contribution in [1.29, 1.82) is 0 Å². The predicted octanol–water partition coefficient (Wildman–Crippen LogP) is 6.18. The molecule has 110 valence electrons. The first-order valence-corrected chi connectivity index (χ1v) is 8.60. The number of nitrogens with zero attached hydrogens (tertiary/aromatic N) is 2. The lowest BCUT2D eigenvalue weighted by atomic mass is 10.0. The number of hydrogen-bond donors (Lipinski definition) is 0. The molecule has 1 aromatic heterocycles. The Balaban J connectivity index is 2.03. The molecular weight excluding hydrogens is 371 g/mol. The summed E-state index contributed by atoms with van der Waals surface area (Å²) in [5.74, 6) is 0.994. The fourth-order valence-electron chi connectivity index (χ4n) is 2.88. The van der Waals surface area contributed by atoms with Gasteiger partial charge in [0.2, 0.25) is 0 Å². The largest absolute Gasteiger partial charge is 0.216 e. The molecule has 1 aliphatic carbocycles. The van der Waals surface area contributed by atoms with Crippen LogP contribution >= 0.6 is 39.1 Å². The third-order valence-electron chi connectivity index (χ3n) is 4.03. The third-order valence-corrected chi connectivity index (χ3v) is 5.50. The smallest absolute Gasteiger partial charge is 0.162 e. The highest BCUT2D eigenvalue weighted by Crippen LogP contribution is 2.40. The van der Waals surface area contributed by atoms with Gasteiger partial charge in [-0.3, -0.25) is 0 Å². The fourth-order valence-corrected chi connectivity index (χ4v) is 3.82. The van der Waals surface area contributed by atoms with Crippen LogP contribution < -0.4 is 0 Å². The van der Waals surface area contributed by atoms with Gasteiger partial charge < -0.3 is 0 Å². The van der Waals surface area contributed by atoms with Gasteiger partial charge in [-0.2, -0.15) is 0 Å². The molecule has 21 heavy (non-hydrogen) atoms. The molecule has 0 unspecified atom stereocenters. The molecule has 0 spiro atoms. The summed E-state index contributed by atoms with van der Waals surface area (Å²) in [4.78, 5) is 8.95. The van der Waals surface area contributed by atoms with Crippen LogP contribution in [0, 0.1) is 6.92 Å². The molecule has 1 aliphatic rings. The van der Waals surface area contributed by atoms with Gasteiger partial charge in [0.25, 0.3) is 0 Å². The van der Waals surface area contributed by atoms with E-state index in [9.17, 15) is 0 Å². The van der Waals surface area contributed by atoms with Crippen molar-refractivity contribution in [3.05, 3.63) is 44.1 Å². The zero-order valence-corrected chi connectivity index (χ0v) is 14.8. The fraction of sp³-hybridized carbons (Fsp3) is 0.375. The van der Waals surface area contributed by atoms with Crippen molar-refractivity contribution < 1.29 is 0 Å². The summed E-state index contributed by atoms with van der Waals surface area (Å²) in [6, 6.07) is 5.98. The highest BCUT2D eigenvalue weighted by molar-refractivity contribution is 9.10. The quantitative estimate of drug-likeness (QED) is 0.576. The number of halogens is 3. The second kappa shape index (κ2) is 6.23. The van der Waals surface area contributed by atoms with Crippen molar-refractivity contribution in [2.45, 2.75) is 38.5 Å². The standard InChI is InChI=1S/C16H15BrCl2N2/c1-9-8-11(6-7-12(9)17)16-20-14(18)13(15(19)21-16)10-4-2-3-5-10/h6-8,10H,2-5H2,1H3. The lowest BCUT2D eigenvalue weighted by molar-refractivity contribution is 0.715. The molecule has 2 nitrogen and oxygen atoms in total. The Morgan fingerprint density at radius 2 is 1.71 bits per heavy atom. The van der Waals surface area contributed by atoms with Crippen LogP contribution in [0.1, 0.15) is 42.7 Å². The first-order valence-electron chi connectivity index (χ1n) is 7.05. The van der Waals surface area contributed by atoms with Crippen molar-refractivity contribution in [2.75, 3.05) is 0 Å². The SMILES string of the molecule is Cc1cc(-c2nc(Cl)c(C3CCCC3)c(Cl)n2)ccc1Br. The zero-order valence-electron chi connectivity index (χ0n) is 11.7. The minimum atomic E-state index is 0.408. The minimum absolute atomic E-state index is 0.408. The molecule has 1 aromatic carbocycles. The molecule has 3 rings (SSSR count). The van der Waals surface area contributed by atoms with E-state index in [0.717, 1.165) is 34.0 Å². The maximum atomic E-state index is 6.39. The van der Waals surface area contributed by atoms with E-state index in [-0.39, 0.29) is 0 Å². The molecule has 1 saturated carbocycles. The third kappa shape index (κ3) is 3.10. The normalized spacial score (nSPS) is 15.6. The van der Waals surface area contributed by atoms with Crippen molar-refractivity contribution in [1.82, 2.24) is 9.97 Å². The first kappa shape index (κ1) is 15.3. The van der Waals surface area contributed by atoms with Crippen LogP contribution in [0.15, 0.2) is 22.7 Å². The lowest BCUT2D eigenvalue weighted by Crippen LogP contribution is -2.01. The van der Waals surface area contributed by atoms with E-state index < -0.39 is 0 Å². The van der Waals surface area contributed by atoms with Crippen LogP contribution in [0.25, 0.3) is 11.4 Å². The summed E-state index contributed by atoms with van der Waals surface area (Å²) >= 11 is 16.3. The van der Waals surface area contributed by atoms with E-state index >= 15 is 0 Å². The molecule has 0 amide bonds. The van der Waals surface area contributed by atoms with Crippen LogP contribution in [0.2, 0.25) is 10.3 Å². The maximum absolute atomic E-state index is 6.39. The van der Waals surface area contributed by atoms with Crippen LogP contribution in [0.5, 0.6) is 0 Å². The second-order valence-corrected chi connectivity index (χ2v) is 7.06. The molecule has 0 N–H and O–H groups in total. The summed E-state index contributed by atoms with van der Waals surface area (Å²) in [6.45, 7) is 2.03. The van der Waals surface area contributed by atoms with E-state index in [4.69, 9.17) is 23.2 Å². The summed E-state index contributed by atoms with van der Waals surface area (Å²) in [5, 5.41) is 0.995. The second-order valence-electron chi connectivity index (χ2n) is 5.49. The van der Waals surface area contributed by atoms with Crippen LogP contribution in [0.4, 0.5) is 0 Å². The molecule has 0 atom stereocenters. The van der Waals surface area contributed by atoms with Gasteiger partial charge in [0, 0.05) is 15.6 Å². The summed E-state index contributed by atoms with van der Waals surface area (Å²) < 4.78 is 1.06. The Hall–Kier alpha value is -0.640. The monoisotopic (exact) mass is 384 g/mol.